The topological polar surface area (TPSA) is 55.1 Å². The van der Waals surface area contributed by atoms with Crippen molar-refractivity contribution in [2.24, 2.45) is 0 Å². The Kier molecular flexibility index (Phi) is 2.54. The molecule has 0 saturated carbocycles. The molecular formula is C10H12N2OS. The fourth-order valence-corrected chi connectivity index (χ4v) is 2.16. The minimum Gasteiger partial charge on any atom is -0.398 e. The van der Waals surface area contributed by atoms with E-state index in [1.807, 2.05) is 0 Å². The number of amides is 1. The summed E-state index contributed by atoms with van der Waals surface area (Å²) in [5.74, 6) is -0.0135. The first-order chi connectivity index (χ1) is 6.75. The molecule has 0 unspecified atom stereocenters. The molecule has 3 nitrogen and oxygen atoms in total. The molecule has 2 rings (SSSR count). The van der Waals surface area contributed by atoms with Crippen molar-refractivity contribution in [3.8, 4) is 0 Å². The van der Waals surface area contributed by atoms with Crippen LogP contribution in [0.1, 0.15) is 22.5 Å². The van der Waals surface area contributed by atoms with Gasteiger partial charge in [0, 0.05) is 17.1 Å². The minimum atomic E-state index is -0.0135. The lowest BCUT2D eigenvalue weighted by Crippen LogP contribution is -2.32. The van der Waals surface area contributed by atoms with Gasteiger partial charge >= 0.3 is 0 Å². The van der Waals surface area contributed by atoms with Crippen molar-refractivity contribution in [3.63, 3.8) is 0 Å². The molecule has 1 amide bonds. The first-order valence-electron chi connectivity index (χ1n) is 4.55. The number of hydrogen-bond donors (Lipinski definition) is 2. The lowest BCUT2D eigenvalue weighted by Gasteiger charge is -2.10. The Morgan fingerprint density at radius 3 is 2.79 bits per heavy atom. The molecular weight excluding hydrogens is 196 g/mol. The molecule has 0 aliphatic heterocycles. The van der Waals surface area contributed by atoms with Gasteiger partial charge in [-0.05, 0) is 18.9 Å². The van der Waals surface area contributed by atoms with Crippen molar-refractivity contribution in [1.82, 2.24) is 5.32 Å². The largest absolute Gasteiger partial charge is 0.398 e. The van der Waals surface area contributed by atoms with E-state index < -0.39 is 0 Å². The van der Waals surface area contributed by atoms with Crippen molar-refractivity contribution in [2.75, 3.05) is 5.73 Å². The van der Waals surface area contributed by atoms with Gasteiger partial charge in [-0.3, -0.25) is 4.79 Å². The van der Waals surface area contributed by atoms with E-state index in [4.69, 9.17) is 5.73 Å². The van der Waals surface area contributed by atoms with Gasteiger partial charge in [-0.1, -0.05) is 12.2 Å². The first-order valence-corrected chi connectivity index (χ1v) is 5.43. The fraction of sp³-hybridized carbons (Fsp3) is 0.300. The molecule has 0 bridgehead atoms. The molecule has 3 N–H and O–H groups in total. The molecule has 4 heteroatoms. The summed E-state index contributed by atoms with van der Waals surface area (Å²) in [6, 6.07) is 1.98. The molecule has 1 aliphatic carbocycles. The van der Waals surface area contributed by atoms with Crippen LogP contribution in [-0.2, 0) is 0 Å². The summed E-state index contributed by atoms with van der Waals surface area (Å²) in [6.07, 6.45) is 6.06. The molecule has 0 spiro atoms. The fourth-order valence-electron chi connectivity index (χ4n) is 1.46. The second-order valence-electron chi connectivity index (χ2n) is 3.36. The summed E-state index contributed by atoms with van der Waals surface area (Å²) in [7, 11) is 0. The highest BCUT2D eigenvalue weighted by atomic mass is 32.1. The molecule has 0 saturated heterocycles. The van der Waals surface area contributed by atoms with Crippen LogP contribution in [0, 0.1) is 0 Å². The van der Waals surface area contributed by atoms with Crippen LogP contribution in [0.25, 0.3) is 0 Å². The van der Waals surface area contributed by atoms with Gasteiger partial charge in [0.1, 0.15) is 0 Å². The molecule has 1 aliphatic rings. The van der Waals surface area contributed by atoms with Crippen LogP contribution in [0.15, 0.2) is 23.6 Å². The number of rotatable bonds is 2. The zero-order chi connectivity index (χ0) is 9.97. The average Bonchev–Trinajstić information content (AvgIpc) is 2.75. The number of nitrogens with one attached hydrogen (secondary N) is 1. The number of nitrogen functional groups attached to an aromatic ring is 1. The summed E-state index contributed by atoms with van der Waals surface area (Å²) >= 11 is 1.38. The average molecular weight is 208 g/mol. The maximum absolute atomic E-state index is 11.6. The highest BCUT2D eigenvalue weighted by Crippen LogP contribution is 2.17. The van der Waals surface area contributed by atoms with E-state index in [1.54, 1.807) is 11.4 Å². The molecule has 1 aromatic rings. The van der Waals surface area contributed by atoms with Gasteiger partial charge in [0.15, 0.2) is 0 Å². The second-order valence-corrected chi connectivity index (χ2v) is 4.27. The Morgan fingerprint density at radius 1 is 1.50 bits per heavy atom. The third-order valence-electron chi connectivity index (χ3n) is 2.19. The molecule has 14 heavy (non-hydrogen) atoms. The predicted molar refractivity (Wildman–Crippen MR) is 58.4 cm³/mol. The van der Waals surface area contributed by atoms with E-state index in [9.17, 15) is 4.79 Å². The van der Waals surface area contributed by atoms with Gasteiger partial charge in [-0.15, -0.1) is 11.3 Å². The van der Waals surface area contributed by atoms with Crippen LogP contribution >= 0.6 is 11.3 Å². The Labute approximate surface area is 86.6 Å². The standard InChI is InChI=1S/C10H12N2OS/c11-7-5-9(14-6-7)10(13)12-8-3-1-2-4-8/h1-2,5-6,8H,3-4,11H2,(H,12,13). The number of carbonyl (C=O) groups excluding carboxylic acids is 1. The SMILES string of the molecule is Nc1csc(C(=O)NC2CC=CC2)c1. The van der Waals surface area contributed by atoms with Crippen molar-refractivity contribution in [1.29, 1.82) is 0 Å². The number of thiophene rings is 1. The van der Waals surface area contributed by atoms with Gasteiger partial charge < -0.3 is 11.1 Å². The molecule has 0 radical (unpaired) electrons. The van der Waals surface area contributed by atoms with Gasteiger partial charge in [-0.25, -0.2) is 0 Å². The lowest BCUT2D eigenvalue weighted by atomic mass is 10.2. The van der Waals surface area contributed by atoms with Gasteiger partial charge in [-0.2, -0.15) is 0 Å². The van der Waals surface area contributed by atoms with Gasteiger partial charge in [0.2, 0.25) is 0 Å². The van der Waals surface area contributed by atoms with E-state index in [1.165, 1.54) is 11.3 Å². The quantitative estimate of drug-likeness (QED) is 0.728. The summed E-state index contributed by atoms with van der Waals surface area (Å²) in [5.41, 5.74) is 6.20. The second kappa shape index (κ2) is 3.84. The highest BCUT2D eigenvalue weighted by Gasteiger charge is 2.15. The summed E-state index contributed by atoms with van der Waals surface area (Å²) in [5, 5.41) is 4.74. The van der Waals surface area contributed by atoms with Crippen LogP contribution < -0.4 is 11.1 Å². The third-order valence-corrected chi connectivity index (χ3v) is 3.13. The Bertz CT molecular complexity index is 362. The monoisotopic (exact) mass is 208 g/mol. The van der Waals surface area contributed by atoms with Gasteiger partial charge in [0.25, 0.3) is 5.91 Å². The third kappa shape index (κ3) is 1.96. The number of carbonyl (C=O) groups is 1. The van der Waals surface area contributed by atoms with E-state index >= 15 is 0 Å². The van der Waals surface area contributed by atoms with E-state index in [2.05, 4.69) is 17.5 Å². The zero-order valence-corrected chi connectivity index (χ0v) is 8.51. The first kappa shape index (κ1) is 9.27. The van der Waals surface area contributed by atoms with Crippen molar-refractivity contribution < 1.29 is 4.79 Å². The molecule has 1 aromatic heterocycles. The summed E-state index contributed by atoms with van der Waals surface area (Å²) in [4.78, 5) is 12.3. The molecule has 0 atom stereocenters. The Balaban J connectivity index is 1.95. The summed E-state index contributed by atoms with van der Waals surface area (Å²) in [6.45, 7) is 0. The van der Waals surface area contributed by atoms with E-state index in [-0.39, 0.29) is 11.9 Å². The molecule has 0 aromatic carbocycles. The normalized spacial score (nSPS) is 16.0. The van der Waals surface area contributed by atoms with E-state index in [0.29, 0.717) is 10.6 Å². The van der Waals surface area contributed by atoms with Crippen molar-refractivity contribution in [3.05, 3.63) is 28.5 Å². The van der Waals surface area contributed by atoms with Crippen LogP contribution in [0.3, 0.4) is 0 Å². The summed E-state index contributed by atoms with van der Waals surface area (Å²) < 4.78 is 0. The predicted octanol–water partition coefficient (Wildman–Crippen LogP) is 1.78. The number of nitrogens with two attached hydrogens (primary N) is 1. The van der Waals surface area contributed by atoms with Crippen LogP contribution in [0.2, 0.25) is 0 Å². The van der Waals surface area contributed by atoms with Crippen LogP contribution in [0.5, 0.6) is 0 Å². The van der Waals surface area contributed by atoms with Crippen LogP contribution in [0.4, 0.5) is 5.69 Å². The zero-order valence-electron chi connectivity index (χ0n) is 7.69. The highest BCUT2D eigenvalue weighted by molar-refractivity contribution is 7.12. The lowest BCUT2D eigenvalue weighted by molar-refractivity contribution is 0.0943. The number of hydrogen-bond acceptors (Lipinski definition) is 3. The Morgan fingerprint density at radius 2 is 2.21 bits per heavy atom. The maximum atomic E-state index is 11.6. The Hall–Kier alpha value is -1.29. The maximum Gasteiger partial charge on any atom is 0.261 e. The van der Waals surface area contributed by atoms with Crippen molar-refractivity contribution >= 4 is 22.9 Å². The van der Waals surface area contributed by atoms with E-state index in [0.717, 1.165) is 12.8 Å². The van der Waals surface area contributed by atoms with Crippen molar-refractivity contribution in [2.45, 2.75) is 18.9 Å². The molecule has 0 fully saturated rings. The smallest absolute Gasteiger partial charge is 0.261 e. The van der Waals surface area contributed by atoms with Crippen LogP contribution in [-0.4, -0.2) is 11.9 Å². The molecule has 1 heterocycles. The molecule has 74 valence electrons. The minimum absolute atomic E-state index is 0.0135. The number of anilines is 1. The van der Waals surface area contributed by atoms with Gasteiger partial charge in [0.05, 0.1) is 4.88 Å².